The van der Waals surface area contributed by atoms with Crippen LogP contribution in [-0.2, 0) is 34.1 Å². The van der Waals surface area contributed by atoms with E-state index in [0.29, 0.717) is 25.3 Å². The third-order valence-electron chi connectivity index (χ3n) is 11.5. The molecule has 3 aliphatic rings. The molecule has 1 aliphatic carbocycles. The molecular formula is C43H60N6O8S2. The number of thiazole rings is 1. The predicted molar refractivity (Wildman–Crippen MR) is 227 cm³/mol. The molecule has 1 saturated heterocycles. The lowest BCUT2D eigenvalue weighted by molar-refractivity contribution is -0.159. The first-order valence-corrected chi connectivity index (χ1v) is 23.1. The van der Waals surface area contributed by atoms with Crippen LogP contribution in [-0.4, -0.2) is 94.1 Å². The first-order valence-electron chi connectivity index (χ1n) is 20.8. The highest BCUT2D eigenvalue weighted by Gasteiger charge is 2.61. The molecule has 1 saturated carbocycles. The second-order valence-electron chi connectivity index (χ2n) is 18.1. The molecule has 1 N–H and O–H groups in total. The number of fused-ring (bicyclic) bond motifs is 3. The molecule has 2 fully saturated rings. The van der Waals surface area contributed by atoms with Crippen LogP contribution in [0, 0.1) is 17.3 Å². The number of ether oxygens (including phenoxy) is 2. The normalized spacial score (nSPS) is 25.1. The van der Waals surface area contributed by atoms with Gasteiger partial charge in [-0.05, 0) is 84.3 Å². The molecule has 3 aromatic rings. The molecule has 14 nitrogen and oxygen atoms in total. The fraction of sp³-hybridized carbons (Fsp3) is 0.628. The highest BCUT2D eigenvalue weighted by molar-refractivity contribution is 7.87. The first-order chi connectivity index (χ1) is 27.7. The SMILES string of the molecule is CC(C)c1csc(-c2cccc3c2nc(O[C@@H]2C[C@H]4C(=O)C[C@]5(C(=O)NS(=O)(=O)N(C)C)C[C@H]5/C=C\CCCCC[C@H](CC(=O)OC(C)(C)C)C(=O)N4C2)n3C(C)C)n1. The Labute approximate surface area is 352 Å². The number of allylic oxidation sites excluding steroid dienone is 2. The van der Waals surface area contributed by atoms with Crippen molar-refractivity contribution in [1.29, 1.82) is 0 Å². The average Bonchev–Trinajstić information content (AvgIpc) is 3.50. The van der Waals surface area contributed by atoms with Crippen LogP contribution in [0.2, 0.25) is 0 Å². The van der Waals surface area contributed by atoms with Crippen molar-refractivity contribution in [3.8, 4) is 16.6 Å². The third-order valence-corrected chi connectivity index (χ3v) is 13.8. The Morgan fingerprint density at radius 1 is 1.08 bits per heavy atom. The number of esters is 1. The summed E-state index contributed by atoms with van der Waals surface area (Å²) < 4.78 is 43.1. The van der Waals surface area contributed by atoms with Crippen molar-refractivity contribution in [3.05, 3.63) is 41.4 Å². The highest BCUT2D eigenvalue weighted by Crippen LogP contribution is 2.57. The lowest BCUT2D eigenvalue weighted by Crippen LogP contribution is -2.47. The fourth-order valence-corrected chi connectivity index (χ4v) is 9.82. The van der Waals surface area contributed by atoms with Crippen molar-refractivity contribution < 1.29 is 37.1 Å². The van der Waals surface area contributed by atoms with Gasteiger partial charge in [0.2, 0.25) is 11.8 Å². The zero-order valence-corrected chi connectivity index (χ0v) is 37.5. The predicted octanol–water partition coefficient (Wildman–Crippen LogP) is 6.97. The lowest BCUT2D eigenvalue weighted by atomic mass is 9.90. The molecule has 59 heavy (non-hydrogen) atoms. The summed E-state index contributed by atoms with van der Waals surface area (Å²) >= 11 is 1.56. The molecule has 5 atom stereocenters. The number of hydrogen-bond acceptors (Lipinski definition) is 11. The van der Waals surface area contributed by atoms with Crippen LogP contribution >= 0.6 is 11.3 Å². The smallest absolute Gasteiger partial charge is 0.307 e. The Morgan fingerprint density at radius 2 is 1.83 bits per heavy atom. The van der Waals surface area contributed by atoms with Gasteiger partial charge in [0, 0.05) is 49.8 Å². The number of benzene rings is 1. The van der Waals surface area contributed by atoms with E-state index in [9.17, 15) is 27.6 Å². The minimum absolute atomic E-state index is 0.0516. The zero-order chi connectivity index (χ0) is 43.0. The van der Waals surface area contributed by atoms with Gasteiger partial charge in [-0.3, -0.25) is 23.7 Å². The molecule has 4 heterocycles. The molecule has 0 spiro atoms. The van der Waals surface area contributed by atoms with E-state index in [1.165, 1.54) is 19.0 Å². The number of hydrogen-bond donors (Lipinski definition) is 1. The minimum atomic E-state index is -4.13. The van der Waals surface area contributed by atoms with Gasteiger partial charge in [-0.25, -0.2) is 9.71 Å². The standard InChI is InChI=1S/C43H60N6O8S2/c1-26(2)32-25-58-38(44-32)31-18-15-19-33-37(31)45-41(49(33)27(3)4)56-30-21-34-35(50)23-43(40(53)46-59(54,55)47(8)9)22-29(43)17-14-12-10-11-13-16-28(39(52)48(34)24-30)20-36(51)57-42(5,6)7/h14-15,17-19,25-30,34H,10-13,16,20-24H2,1-9H3,(H,46,53)/b17-14-/t28-,29-,30-,34+,43-/m1/s1. The van der Waals surface area contributed by atoms with E-state index < -0.39 is 51.2 Å². The van der Waals surface area contributed by atoms with Crippen LogP contribution in [0.15, 0.2) is 35.7 Å². The number of para-hydroxylation sites is 1. The van der Waals surface area contributed by atoms with Crippen LogP contribution < -0.4 is 9.46 Å². The first kappa shape index (κ1) is 44.4. The molecule has 6 rings (SSSR count). The molecule has 322 valence electrons. The number of carbonyl (C=O) groups excluding carboxylic acids is 4. The Kier molecular flexibility index (Phi) is 13.1. The number of aromatic nitrogens is 3. The van der Waals surface area contributed by atoms with Gasteiger partial charge in [0.1, 0.15) is 22.2 Å². The third kappa shape index (κ3) is 9.91. The number of Topliss-reactive ketones (excluding diaryl/α,β-unsaturated/α-hetero) is 1. The largest absolute Gasteiger partial charge is 0.460 e. The fourth-order valence-electron chi connectivity index (χ4n) is 8.20. The van der Waals surface area contributed by atoms with Gasteiger partial charge < -0.3 is 14.4 Å². The monoisotopic (exact) mass is 852 g/mol. The Morgan fingerprint density at radius 3 is 2.49 bits per heavy atom. The second kappa shape index (κ2) is 17.4. The van der Waals surface area contributed by atoms with Gasteiger partial charge in [-0.15, -0.1) is 11.3 Å². The van der Waals surface area contributed by atoms with Crippen molar-refractivity contribution in [1.82, 2.24) is 28.5 Å². The molecule has 0 unspecified atom stereocenters. The van der Waals surface area contributed by atoms with Crippen LogP contribution in [0.1, 0.15) is 124 Å². The van der Waals surface area contributed by atoms with Crippen molar-refractivity contribution in [3.63, 3.8) is 0 Å². The van der Waals surface area contributed by atoms with Crippen molar-refractivity contribution >= 4 is 56.1 Å². The number of imidazole rings is 1. The van der Waals surface area contributed by atoms with E-state index in [2.05, 4.69) is 23.9 Å². The average molecular weight is 853 g/mol. The minimum Gasteiger partial charge on any atom is -0.460 e. The number of nitrogens with one attached hydrogen (secondary N) is 1. The van der Waals surface area contributed by atoms with E-state index in [-0.39, 0.29) is 55.4 Å². The summed E-state index contributed by atoms with van der Waals surface area (Å²) in [5.74, 6) is -2.77. The van der Waals surface area contributed by atoms with Gasteiger partial charge in [-0.2, -0.15) is 17.7 Å². The summed E-state index contributed by atoms with van der Waals surface area (Å²) in [5, 5.41) is 2.91. The summed E-state index contributed by atoms with van der Waals surface area (Å²) in [7, 11) is -1.48. The van der Waals surface area contributed by atoms with Gasteiger partial charge >= 0.3 is 16.2 Å². The summed E-state index contributed by atoms with van der Waals surface area (Å²) in [6.07, 6.45) is 6.74. The number of carbonyl (C=O) groups is 4. The summed E-state index contributed by atoms with van der Waals surface area (Å²) in [5.41, 5.74) is 1.43. The van der Waals surface area contributed by atoms with Crippen LogP contribution in [0.5, 0.6) is 6.01 Å². The summed E-state index contributed by atoms with van der Waals surface area (Å²) in [6, 6.07) is 5.26. The quantitative estimate of drug-likeness (QED) is 0.166. The lowest BCUT2D eigenvalue weighted by Gasteiger charge is -2.29. The van der Waals surface area contributed by atoms with E-state index in [0.717, 1.165) is 50.9 Å². The Hall–Kier alpha value is -4.15. The van der Waals surface area contributed by atoms with Gasteiger partial charge in [-0.1, -0.05) is 44.9 Å². The van der Waals surface area contributed by atoms with Crippen LogP contribution in [0.3, 0.4) is 0 Å². The van der Waals surface area contributed by atoms with Gasteiger partial charge in [0.15, 0.2) is 5.78 Å². The Balaban J connectivity index is 1.36. The summed E-state index contributed by atoms with van der Waals surface area (Å²) in [4.78, 5) is 68.0. The molecule has 0 bridgehead atoms. The molecule has 16 heteroatoms. The zero-order valence-electron chi connectivity index (χ0n) is 35.8. The van der Waals surface area contributed by atoms with E-state index >= 15 is 0 Å². The molecule has 1 aromatic carbocycles. The molecule has 2 aliphatic heterocycles. The Bertz CT molecular complexity index is 2200. The van der Waals surface area contributed by atoms with E-state index in [1.54, 1.807) is 32.1 Å². The van der Waals surface area contributed by atoms with Crippen molar-refractivity contribution in [2.24, 2.45) is 17.3 Å². The van der Waals surface area contributed by atoms with Crippen LogP contribution in [0.25, 0.3) is 21.6 Å². The molecular weight excluding hydrogens is 793 g/mol. The van der Waals surface area contributed by atoms with Crippen molar-refractivity contribution in [2.75, 3.05) is 20.6 Å². The number of nitrogens with zero attached hydrogens (tertiary/aromatic N) is 5. The van der Waals surface area contributed by atoms with Crippen molar-refractivity contribution in [2.45, 2.75) is 136 Å². The maximum Gasteiger partial charge on any atom is 0.307 e. The van der Waals surface area contributed by atoms with Gasteiger partial charge in [0.05, 0.1) is 35.6 Å². The number of ketones is 1. The number of rotatable bonds is 10. The van der Waals surface area contributed by atoms with Crippen LogP contribution in [0.4, 0.5) is 0 Å². The van der Waals surface area contributed by atoms with E-state index in [4.69, 9.17) is 19.4 Å². The molecule has 2 aromatic heterocycles. The second-order valence-corrected chi connectivity index (χ2v) is 20.9. The maximum absolute atomic E-state index is 14.8. The van der Waals surface area contributed by atoms with Gasteiger partial charge in [0.25, 0.3) is 6.01 Å². The number of amides is 2. The maximum atomic E-state index is 14.8. The molecule has 2 amide bonds. The molecule has 0 radical (unpaired) electrons. The highest BCUT2D eigenvalue weighted by atomic mass is 32.2. The summed E-state index contributed by atoms with van der Waals surface area (Å²) in [6.45, 7) is 13.7. The van der Waals surface area contributed by atoms with E-state index in [1.807, 2.05) is 48.8 Å². The topological polar surface area (TPSA) is 170 Å².